The van der Waals surface area contributed by atoms with E-state index in [1.165, 1.54) is 257 Å². The second-order valence-corrected chi connectivity index (χ2v) is 34.7. The third kappa shape index (κ3) is 78.8. The van der Waals surface area contributed by atoms with Crippen molar-refractivity contribution in [3.05, 3.63) is 24.3 Å². The maximum Gasteiger partial charge on any atom is 0.472 e. The number of unbranched alkanes of at least 4 members (excludes halogenated alkanes) is 51. The van der Waals surface area contributed by atoms with E-state index in [4.69, 9.17) is 37.0 Å². The molecule has 17 nitrogen and oxygen atoms in total. The summed E-state index contributed by atoms with van der Waals surface area (Å²) in [6, 6.07) is 0. The van der Waals surface area contributed by atoms with Gasteiger partial charge in [-0.25, -0.2) is 9.13 Å². The molecule has 19 heteroatoms. The quantitative estimate of drug-likeness (QED) is 0.0169. The van der Waals surface area contributed by atoms with E-state index in [1.54, 1.807) is 0 Å². The van der Waals surface area contributed by atoms with E-state index in [0.717, 1.165) is 115 Å². The van der Waals surface area contributed by atoms with Gasteiger partial charge in [0, 0.05) is 25.7 Å². The number of hydrogen-bond donors (Lipinski definition) is 3. The molecule has 0 saturated carbocycles. The summed E-state index contributed by atoms with van der Waals surface area (Å²) in [5, 5.41) is 10.7. The van der Waals surface area contributed by atoms with Crippen molar-refractivity contribution in [2.24, 2.45) is 11.8 Å². The largest absolute Gasteiger partial charge is 0.472 e. The number of phosphoric ester groups is 2. The van der Waals surface area contributed by atoms with Gasteiger partial charge in [0.2, 0.25) is 0 Å². The van der Waals surface area contributed by atoms with Crippen molar-refractivity contribution in [2.45, 2.75) is 471 Å². The molecule has 0 saturated heterocycles. The van der Waals surface area contributed by atoms with Crippen LogP contribution in [0.15, 0.2) is 24.3 Å². The zero-order valence-electron chi connectivity index (χ0n) is 70.6. The Labute approximate surface area is 663 Å². The third-order valence-electron chi connectivity index (χ3n) is 21.1. The van der Waals surface area contributed by atoms with Crippen LogP contribution in [0.4, 0.5) is 0 Å². The smallest absolute Gasteiger partial charge is 0.462 e. The van der Waals surface area contributed by atoms with Crippen LogP contribution < -0.4 is 0 Å². The van der Waals surface area contributed by atoms with E-state index >= 15 is 0 Å². The van der Waals surface area contributed by atoms with Gasteiger partial charge in [0.05, 0.1) is 26.4 Å². The molecule has 0 aliphatic heterocycles. The fourth-order valence-corrected chi connectivity index (χ4v) is 14.9. The zero-order valence-corrected chi connectivity index (χ0v) is 72.4. The average Bonchev–Trinajstić information content (AvgIpc) is 0.896. The summed E-state index contributed by atoms with van der Waals surface area (Å²) in [5.41, 5.74) is 0. The first-order valence-electron chi connectivity index (χ1n) is 45.4. The molecule has 0 aromatic heterocycles. The minimum absolute atomic E-state index is 0.0857. The number of carbonyl (C=O) groups excluding carboxylic acids is 4. The molecular formula is C89H170O17P2. The zero-order chi connectivity index (χ0) is 79.2. The number of carbonyl (C=O) groups is 4. The van der Waals surface area contributed by atoms with E-state index in [0.29, 0.717) is 25.7 Å². The number of phosphoric acid groups is 2. The van der Waals surface area contributed by atoms with Crippen LogP contribution in [-0.2, 0) is 65.4 Å². The first-order valence-corrected chi connectivity index (χ1v) is 48.4. The number of aliphatic hydroxyl groups excluding tert-OH is 1. The Kier molecular flexibility index (Phi) is 77.9. The molecule has 0 aliphatic carbocycles. The molecule has 3 N–H and O–H groups in total. The van der Waals surface area contributed by atoms with Crippen LogP contribution in [0.1, 0.15) is 452 Å². The number of rotatable bonds is 86. The molecule has 0 amide bonds. The minimum Gasteiger partial charge on any atom is -0.462 e. The number of aliphatic hydroxyl groups is 1. The third-order valence-corrected chi connectivity index (χ3v) is 23.0. The molecule has 638 valence electrons. The van der Waals surface area contributed by atoms with Gasteiger partial charge in [-0.2, -0.15) is 0 Å². The Morgan fingerprint density at radius 3 is 0.787 bits per heavy atom. The van der Waals surface area contributed by atoms with E-state index in [-0.39, 0.29) is 25.7 Å². The predicted octanol–water partition coefficient (Wildman–Crippen LogP) is 27.0. The van der Waals surface area contributed by atoms with Crippen molar-refractivity contribution in [2.75, 3.05) is 39.6 Å². The summed E-state index contributed by atoms with van der Waals surface area (Å²) in [6.45, 7) is 9.75. The first kappa shape index (κ1) is 106. The van der Waals surface area contributed by atoms with Crippen molar-refractivity contribution in [1.29, 1.82) is 0 Å². The molecule has 0 aromatic carbocycles. The lowest BCUT2D eigenvalue weighted by atomic mass is 9.99. The standard InChI is InChI=1S/C89H170O17P2/c1-7-11-13-15-17-19-21-23-28-37-43-49-55-61-67-73-88(93)105-84(77-99-86(91)71-65-59-53-47-41-33-22-20-18-16-14-12-8-2)79-103-107(95,96)101-75-83(90)76-102-108(97,98)104-80-85(78-100-87(92)72-66-60-54-48-42-36-32-31-35-40-46-52-58-64-70-82(6)10-4)106-89(94)74-68-62-56-50-44-38-30-27-25-24-26-29-34-39-45-51-57-63-69-81(5)9-3/h19,21,23,28,81-85,90H,7-18,20,22,24-27,29-80H2,1-6H3,(H,95,96)(H,97,98)/b21-19-,28-23-/t81?,82?,83-,84+,85+/m0/s1. The molecule has 0 radical (unpaired) electrons. The van der Waals surface area contributed by atoms with Crippen molar-refractivity contribution in [1.82, 2.24) is 0 Å². The molecule has 108 heavy (non-hydrogen) atoms. The summed E-state index contributed by atoms with van der Waals surface area (Å²) in [6.07, 6.45) is 75.6. The maximum atomic E-state index is 13.2. The molecule has 0 spiro atoms. The van der Waals surface area contributed by atoms with Crippen LogP contribution in [0.3, 0.4) is 0 Å². The Morgan fingerprint density at radius 2 is 0.519 bits per heavy atom. The van der Waals surface area contributed by atoms with Gasteiger partial charge in [-0.15, -0.1) is 0 Å². The second-order valence-electron chi connectivity index (χ2n) is 31.8. The van der Waals surface area contributed by atoms with E-state index in [9.17, 15) is 43.2 Å². The van der Waals surface area contributed by atoms with Crippen molar-refractivity contribution in [3.63, 3.8) is 0 Å². The van der Waals surface area contributed by atoms with Gasteiger partial charge >= 0.3 is 39.5 Å². The first-order chi connectivity index (χ1) is 52.4. The van der Waals surface area contributed by atoms with Gasteiger partial charge in [-0.3, -0.25) is 37.3 Å². The number of esters is 4. The van der Waals surface area contributed by atoms with Gasteiger partial charge in [-0.1, -0.05) is 400 Å². The normalized spacial score (nSPS) is 14.4. The van der Waals surface area contributed by atoms with Crippen LogP contribution in [0, 0.1) is 11.8 Å². The molecule has 0 bridgehead atoms. The minimum atomic E-state index is -4.97. The van der Waals surface area contributed by atoms with Crippen molar-refractivity contribution in [3.8, 4) is 0 Å². The summed E-state index contributed by atoms with van der Waals surface area (Å²) < 4.78 is 69.0. The predicted molar refractivity (Wildman–Crippen MR) is 446 cm³/mol. The number of ether oxygens (including phenoxy) is 4. The lowest BCUT2D eigenvalue weighted by Crippen LogP contribution is -2.30. The Morgan fingerprint density at radius 1 is 0.296 bits per heavy atom. The Bertz CT molecular complexity index is 2160. The van der Waals surface area contributed by atoms with Gasteiger partial charge in [0.15, 0.2) is 12.2 Å². The highest BCUT2D eigenvalue weighted by Crippen LogP contribution is 2.45. The van der Waals surface area contributed by atoms with Crippen molar-refractivity contribution >= 4 is 39.5 Å². The molecule has 0 fully saturated rings. The van der Waals surface area contributed by atoms with Gasteiger partial charge < -0.3 is 33.8 Å². The van der Waals surface area contributed by atoms with Crippen LogP contribution in [0.5, 0.6) is 0 Å². The number of hydrogen-bond acceptors (Lipinski definition) is 15. The average molecular weight is 1570 g/mol. The summed E-state index contributed by atoms with van der Waals surface area (Å²) in [4.78, 5) is 73.3. The Balaban J connectivity index is 5.28. The molecular weight excluding hydrogens is 1400 g/mol. The monoisotopic (exact) mass is 1570 g/mol. The summed E-state index contributed by atoms with van der Waals surface area (Å²) in [5.74, 6) is -0.409. The highest BCUT2D eigenvalue weighted by atomic mass is 31.2. The molecule has 4 unspecified atom stereocenters. The second kappa shape index (κ2) is 79.8. The van der Waals surface area contributed by atoms with Crippen LogP contribution >= 0.6 is 15.6 Å². The highest BCUT2D eigenvalue weighted by molar-refractivity contribution is 7.47. The lowest BCUT2D eigenvalue weighted by molar-refractivity contribution is -0.161. The maximum absolute atomic E-state index is 13.2. The van der Waals surface area contributed by atoms with Crippen molar-refractivity contribution < 1.29 is 80.2 Å². The van der Waals surface area contributed by atoms with Gasteiger partial charge in [0.25, 0.3) is 0 Å². The van der Waals surface area contributed by atoms with Crippen LogP contribution in [0.25, 0.3) is 0 Å². The lowest BCUT2D eigenvalue weighted by Gasteiger charge is -2.21. The topological polar surface area (TPSA) is 237 Å². The van der Waals surface area contributed by atoms with Crippen LogP contribution in [0.2, 0.25) is 0 Å². The van der Waals surface area contributed by atoms with Gasteiger partial charge in [0.1, 0.15) is 19.3 Å². The number of allylic oxidation sites excluding steroid dienone is 4. The summed E-state index contributed by atoms with van der Waals surface area (Å²) >= 11 is 0. The van der Waals surface area contributed by atoms with E-state index in [1.807, 2.05) is 0 Å². The molecule has 0 aromatic rings. The van der Waals surface area contributed by atoms with Gasteiger partial charge in [-0.05, 0) is 63.2 Å². The molecule has 0 aliphatic rings. The van der Waals surface area contributed by atoms with Crippen LogP contribution in [-0.4, -0.2) is 96.7 Å². The fourth-order valence-electron chi connectivity index (χ4n) is 13.3. The van der Waals surface area contributed by atoms with E-state index < -0.39 is 97.5 Å². The molecule has 0 heterocycles. The summed E-state index contributed by atoms with van der Waals surface area (Å²) in [7, 11) is -9.95. The molecule has 7 atom stereocenters. The fraction of sp³-hybridized carbons (Fsp3) is 0.910. The molecule has 0 rings (SSSR count). The Hall–Kier alpha value is -2.46. The van der Waals surface area contributed by atoms with E-state index in [2.05, 4.69) is 65.8 Å². The SMILES string of the molecule is CCCCCC/C=C\C=C/CCCCCCCC(=O)O[C@H](COC(=O)CCCCCCCCCCCCCCC)COP(=O)(O)OC[C@H](O)COP(=O)(O)OC[C@@H](COC(=O)CCCCCCCCCCCCCCCCC(C)CC)OC(=O)CCCCCCCCCCCCCCCCCCCCC(C)CC. The highest BCUT2D eigenvalue weighted by Gasteiger charge is 2.30.